The first-order valence-electron chi connectivity index (χ1n) is 6.75. The number of hydrogen-bond acceptors (Lipinski definition) is 2. The number of hydrogen-bond donors (Lipinski definition) is 1. The Labute approximate surface area is 124 Å². The average molecular weight is 285 g/mol. The summed E-state index contributed by atoms with van der Waals surface area (Å²) in [5.74, 6) is 0.884. The van der Waals surface area contributed by atoms with Gasteiger partial charge in [0.25, 0.3) is 0 Å². The Morgan fingerprint density at radius 1 is 1.05 bits per heavy atom. The highest BCUT2D eigenvalue weighted by molar-refractivity contribution is 8.00. The molecule has 2 nitrogen and oxygen atoms in total. The largest absolute Gasteiger partial charge is 0.355 e. The van der Waals surface area contributed by atoms with Crippen LogP contribution in [0, 0.1) is 0 Å². The van der Waals surface area contributed by atoms with E-state index in [0.717, 1.165) is 4.90 Å². The summed E-state index contributed by atoms with van der Waals surface area (Å²) >= 11 is 1.56. The molecule has 0 saturated carbocycles. The molecule has 1 N–H and O–H groups in total. The van der Waals surface area contributed by atoms with Gasteiger partial charge in [0.2, 0.25) is 5.91 Å². The van der Waals surface area contributed by atoms with Gasteiger partial charge in [-0.1, -0.05) is 55.5 Å². The van der Waals surface area contributed by atoms with Crippen LogP contribution in [-0.4, -0.2) is 18.2 Å². The van der Waals surface area contributed by atoms with E-state index in [0.29, 0.717) is 18.2 Å². The molecule has 0 spiro atoms. The monoisotopic (exact) mass is 285 g/mol. The summed E-state index contributed by atoms with van der Waals surface area (Å²) in [5.41, 5.74) is 1.25. The van der Waals surface area contributed by atoms with Crippen LogP contribution >= 0.6 is 11.8 Å². The minimum atomic E-state index is 0.0848. The number of carbonyl (C=O) groups is 1. The Balaban J connectivity index is 1.73. The van der Waals surface area contributed by atoms with Gasteiger partial charge in [0, 0.05) is 11.4 Å². The van der Waals surface area contributed by atoms with E-state index in [-0.39, 0.29) is 5.91 Å². The van der Waals surface area contributed by atoms with E-state index >= 15 is 0 Å². The second-order valence-electron chi connectivity index (χ2n) is 4.72. The van der Waals surface area contributed by atoms with Crippen molar-refractivity contribution in [1.29, 1.82) is 0 Å². The Hall–Kier alpha value is -1.74. The third kappa shape index (κ3) is 4.74. The zero-order valence-electron chi connectivity index (χ0n) is 11.6. The van der Waals surface area contributed by atoms with Gasteiger partial charge in [0.1, 0.15) is 0 Å². The van der Waals surface area contributed by atoms with Gasteiger partial charge in [-0.3, -0.25) is 4.79 Å². The van der Waals surface area contributed by atoms with Crippen LogP contribution in [0.15, 0.2) is 65.6 Å². The van der Waals surface area contributed by atoms with Crippen LogP contribution in [0.1, 0.15) is 18.4 Å². The van der Waals surface area contributed by atoms with Gasteiger partial charge in [0.05, 0.1) is 5.75 Å². The fraction of sp³-hybridized carbons (Fsp3) is 0.235. The van der Waals surface area contributed by atoms with Crippen molar-refractivity contribution in [2.45, 2.75) is 17.7 Å². The molecular formula is C17H19NOS. The van der Waals surface area contributed by atoms with Crippen LogP contribution in [0.25, 0.3) is 0 Å². The topological polar surface area (TPSA) is 29.1 Å². The molecule has 2 aromatic rings. The van der Waals surface area contributed by atoms with Crippen LogP contribution < -0.4 is 5.32 Å². The second-order valence-corrected chi connectivity index (χ2v) is 5.77. The third-order valence-corrected chi connectivity index (χ3v) is 4.10. The molecule has 2 rings (SSSR count). The first-order valence-corrected chi connectivity index (χ1v) is 7.74. The van der Waals surface area contributed by atoms with Crippen LogP contribution in [-0.2, 0) is 4.79 Å². The number of rotatable bonds is 6. The van der Waals surface area contributed by atoms with E-state index in [2.05, 4.69) is 24.4 Å². The fourth-order valence-electron chi connectivity index (χ4n) is 1.88. The first-order chi connectivity index (χ1) is 9.75. The average Bonchev–Trinajstić information content (AvgIpc) is 2.52. The van der Waals surface area contributed by atoms with Crippen LogP contribution in [0.2, 0.25) is 0 Å². The maximum atomic E-state index is 11.8. The molecule has 0 fully saturated rings. The molecule has 0 radical (unpaired) electrons. The minimum Gasteiger partial charge on any atom is -0.355 e. The van der Waals surface area contributed by atoms with E-state index in [1.54, 1.807) is 11.8 Å². The van der Waals surface area contributed by atoms with Crippen molar-refractivity contribution in [2.75, 3.05) is 12.3 Å². The van der Waals surface area contributed by atoms with Gasteiger partial charge in [0.15, 0.2) is 0 Å². The number of benzene rings is 2. The molecule has 0 saturated heterocycles. The van der Waals surface area contributed by atoms with Gasteiger partial charge in [-0.25, -0.2) is 0 Å². The highest BCUT2D eigenvalue weighted by Gasteiger charge is 2.07. The summed E-state index contributed by atoms with van der Waals surface area (Å²) in [5, 5.41) is 2.99. The standard InChI is InChI=1S/C17H19NOS/c1-14(15-8-4-2-5-9-15)12-18-17(19)13-20-16-10-6-3-7-11-16/h2-11,14H,12-13H2,1H3,(H,18,19)/t14-/m0/s1. The molecule has 0 aliphatic carbocycles. The Morgan fingerprint density at radius 2 is 1.65 bits per heavy atom. The van der Waals surface area contributed by atoms with Crippen molar-refractivity contribution < 1.29 is 4.79 Å². The molecule has 3 heteroatoms. The van der Waals surface area contributed by atoms with Gasteiger partial charge in [-0.2, -0.15) is 0 Å². The fourth-order valence-corrected chi connectivity index (χ4v) is 2.63. The maximum absolute atomic E-state index is 11.8. The molecule has 0 bridgehead atoms. The van der Waals surface area contributed by atoms with Crippen molar-refractivity contribution in [3.8, 4) is 0 Å². The van der Waals surface area contributed by atoms with Crippen molar-refractivity contribution >= 4 is 17.7 Å². The zero-order valence-corrected chi connectivity index (χ0v) is 12.4. The van der Waals surface area contributed by atoms with Crippen molar-refractivity contribution in [2.24, 2.45) is 0 Å². The third-order valence-electron chi connectivity index (χ3n) is 3.09. The summed E-state index contributed by atoms with van der Waals surface area (Å²) in [6, 6.07) is 20.2. The lowest BCUT2D eigenvalue weighted by Gasteiger charge is -2.12. The van der Waals surface area contributed by atoms with Gasteiger partial charge in [-0.05, 0) is 23.6 Å². The molecule has 1 atom stereocenters. The van der Waals surface area contributed by atoms with Crippen molar-refractivity contribution in [1.82, 2.24) is 5.32 Å². The maximum Gasteiger partial charge on any atom is 0.230 e. The van der Waals surface area contributed by atoms with E-state index in [4.69, 9.17) is 0 Å². The second kappa shape index (κ2) is 7.75. The lowest BCUT2D eigenvalue weighted by Crippen LogP contribution is -2.28. The molecule has 0 aliphatic heterocycles. The molecule has 2 aromatic carbocycles. The highest BCUT2D eigenvalue weighted by atomic mass is 32.2. The lowest BCUT2D eigenvalue weighted by molar-refractivity contribution is -0.118. The Bertz CT molecular complexity index is 527. The molecule has 0 unspecified atom stereocenters. The van der Waals surface area contributed by atoms with Crippen LogP contribution in [0.4, 0.5) is 0 Å². The normalized spacial score (nSPS) is 11.8. The van der Waals surface area contributed by atoms with Gasteiger partial charge in [-0.15, -0.1) is 11.8 Å². The Morgan fingerprint density at radius 3 is 2.30 bits per heavy atom. The minimum absolute atomic E-state index is 0.0848. The number of amides is 1. The van der Waals surface area contributed by atoms with Gasteiger partial charge >= 0.3 is 0 Å². The van der Waals surface area contributed by atoms with Crippen molar-refractivity contribution in [3.05, 3.63) is 66.2 Å². The highest BCUT2D eigenvalue weighted by Crippen LogP contribution is 2.17. The molecule has 0 heterocycles. The summed E-state index contributed by atoms with van der Waals surface area (Å²) in [7, 11) is 0. The molecule has 0 aliphatic rings. The summed E-state index contributed by atoms with van der Waals surface area (Å²) in [4.78, 5) is 12.9. The first kappa shape index (κ1) is 14.7. The molecule has 1 amide bonds. The summed E-state index contributed by atoms with van der Waals surface area (Å²) in [6.07, 6.45) is 0. The molecule has 20 heavy (non-hydrogen) atoms. The van der Waals surface area contributed by atoms with Crippen LogP contribution in [0.5, 0.6) is 0 Å². The molecule has 104 valence electrons. The quantitative estimate of drug-likeness (QED) is 0.820. The smallest absolute Gasteiger partial charge is 0.230 e. The number of thioether (sulfide) groups is 1. The van der Waals surface area contributed by atoms with E-state index < -0.39 is 0 Å². The van der Waals surface area contributed by atoms with E-state index in [9.17, 15) is 4.79 Å². The molecule has 0 aromatic heterocycles. The van der Waals surface area contributed by atoms with E-state index in [1.807, 2.05) is 48.5 Å². The zero-order chi connectivity index (χ0) is 14.2. The Kier molecular flexibility index (Phi) is 5.69. The summed E-state index contributed by atoms with van der Waals surface area (Å²) < 4.78 is 0. The van der Waals surface area contributed by atoms with Gasteiger partial charge < -0.3 is 5.32 Å². The molecular weight excluding hydrogens is 266 g/mol. The predicted octanol–water partition coefficient (Wildman–Crippen LogP) is 3.70. The number of nitrogens with one attached hydrogen (secondary N) is 1. The van der Waals surface area contributed by atoms with Crippen molar-refractivity contribution in [3.63, 3.8) is 0 Å². The number of carbonyl (C=O) groups excluding carboxylic acids is 1. The van der Waals surface area contributed by atoms with E-state index in [1.165, 1.54) is 5.56 Å². The van der Waals surface area contributed by atoms with Crippen LogP contribution in [0.3, 0.4) is 0 Å². The predicted molar refractivity (Wildman–Crippen MR) is 85.0 cm³/mol. The SMILES string of the molecule is C[C@@H](CNC(=O)CSc1ccccc1)c1ccccc1. The lowest BCUT2D eigenvalue weighted by atomic mass is 10.0. The summed E-state index contributed by atoms with van der Waals surface area (Å²) in [6.45, 7) is 2.80.